The lowest BCUT2D eigenvalue weighted by molar-refractivity contribution is 0.313. The molecule has 2 heterocycles. The Labute approximate surface area is 182 Å². The van der Waals surface area contributed by atoms with E-state index in [2.05, 4.69) is 27.9 Å². The summed E-state index contributed by atoms with van der Waals surface area (Å²) in [5.41, 5.74) is 3.96. The normalized spacial score (nSPS) is 15.5. The van der Waals surface area contributed by atoms with Crippen molar-refractivity contribution in [2.45, 2.75) is 9.79 Å². The van der Waals surface area contributed by atoms with Crippen molar-refractivity contribution in [1.29, 1.82) is 0 Å². The van der Waals surface area contributed by atoms with Crippen molar-refractivity contribution in [3.8, 4) is 11.1 Å². The molecule has 0 bridgehead atoms. The van der Waals surface area contributed by atoms with Crippen LogP contribution in [-0.4, -0.2) is 51.5 Å². The molecule has 0 atom stereocenters. The summed E-state index contributed by atoms with van der Waals surface area (Å²) in [7, 11) is -1.51. The molecule has 0 spiro atoms. The predicted octanol–water partition coefficient (Wildman–Crippen LogP) is 4.42. The van der Waals surface area contributed by atoms with Crippen molar-refractivity contribution >= 4 is 26.4 Å². The minimum absolute atomic E-state index is 0.304. The highest BCUT2D eigenvalue weighted by Crippen LogP contribution is 2.32. The highest BCUT2D eigenvalue weighted by Gasteiger charge is 2.23. The first-order chi connectivity index (χ1) is 15.0. The third kappa shape index (κ3) is 3.73. The summed E-state index contributed by atoms with van der Waals surface area (Å²) in [6, 6.07) is 23.1. The maximum atomic E-state index is 13.4. The van der Waals surface area contributed by atoms with Crippen LogP contribution in [0.2, 0.25) is 0 Å². The second-order valence-electron chi connectivity index (χ2n) is 8.07. The maximum Gasteiger partial charge on any atom is 0.208 e. The molecule has 1 N–H and O–H groups in total. The summed E-state index contributed by atoms with van der Waals surface area (Å²) < 4.78 is 26.9. The number of nitrogens with one attached hydrogen (secondary N) is 1. The van der Waals surface area contributed by atoms with Gasteiger partial charge in [0.15, 0.2) is 0 Å². The molecule has 0 unspecified atom stereocenters. The average molecular weight is 432 g/mol. The summed E-state index contributed by atoms with van der Waals surface area (Å²) in [6.45, 7) is 3.89. The van der Waals surface area contributed by atoms with Crippen LogP contribution in [0.5, 0.6) is 0 Å². The van der Waals surface area contributed by atoms with Gasteiger partial charge in [-0.1, -0.05) is 42.5 Å². The lowest BCUT2D eigenvalue weighted by Crippen LogP contribution is -2.44. The molecule has 0 amide bonds. The Hall–Kier alpha value is -3.09. The van der Waals surface area contributed by atoms with Gasteiger partial charge < -0.3 is 14.8 Å². The smallest absolute Gasteiger partial charge is 0.208 e. The lowest BCUT2D eigenvalue weighted by atomic mass is 10.1. The Bertz CT molecular complexity index is 1300. The topological polar surface area (TPSA) is 56.4 Å². The number of rotatable bonds is 4. The van der Waals surface area contributed by atoms with E-state index in [4.69, 9.17) is 0 Å². The van der Waals surface area contributed by atoms with Gasteiger partial charge in [0.25, 0.3) is 0 Å². The van der Waals surface area contributed by atoms with Gasteiger partial charge in [-0.15, -0.1) is 0 Å². The zero-order valence-corrected chi connectivity index (χ0v) is 18.3. The van der Waals surface area contributed by atoms with E-state index in [9.17, 15) is 8.42 Å². The third-order valence-electron chi connectivity index (χ3n) is 6.06. The SMILES string of the molecule is CN1CCN(c2ccc3[nH]cc(S(=O)(=O)c4ccc(-c5ccccc5)cc4)c3c2)CC1. The van der Waals surface area contributed by atoms with Gasteiger partial charge in [0.1, 0.15) is 0 Å². The molecule has 1 aromatic heterocycles. The van der Waals surface area contributed by atoms with E-state index in [1.54, 1.807) is 18.3 Å². The molecule has 158 valence electrons. The first-order valence-electron chi connectivity index (χ1n) is 10.5. The van der Waals surface area contributed by atoms with Gasteiger partial charge in [-0.25, -0.2) is 8.42 Å². The van der Waals surface area contributed by atoms with Crippen molar-refractivity contribution < 1.29 is 8.42 Å². The second-order valence-corrected chi connectivity index (χ2v) is 9.99. The number of fused-ring (bicyclic) bond motifs is 1. The largest absolute Gasteiger partial charge is 0.369 e. The van der Waals surface area contributed by atoms with Crippen LogP contribution in [0, 0.1) is 0 Å². The summed E-state index contributed by atoms with van der Waals surface area (Å²) in [4.78, 5) is 8.38. The number of anilines is 1. The fourth-order valence-corrected chi connectivity index (χ4v) is 5.57. The first-order valence-corrected chi connectivity index (χ1v) is 12.0. The Morgan fingerprint density at radius 2 is 1.48 bits per heavy atom. The summed E-state index contributed by atoms with van der Waals surface area (Å²) in [6.07, 6.45) is 1.61. The Kier molecular flexibility index (Phi) is 5.04. The molecule has 5 rings (SSSR count). The molecule has 1 aliphatic heterocycles. The Balaban J connectivity index is 1.50. The quantitative estimate of drug-likeness (QED) is 0.520. The maximum absolute atomic E-state index is 13.4. The number of likely N-dealkylation sites (N-methyl/N-ethyl adjacent to an activating group) is 1. The molecule has 0 saturated carbocycles. The molecule has 1 fully saturated rings. The van der Waals surface area contributed by atoms with Gasteiger partial charge >= 0.3 is 0 Å². The number of hydrogen-bond acceptors (Lipinski definition) is 4. The number of H-pyrrole nitrogens is 1. The van der Waals surface area contributed by atoms with Crippen LogP contribution in [0.3, 0.4) is 0 Å². The molecule has 31 heavy (non-hydrogen) atoms. The molecular weight excluding hydrogens is 406 g/mol. The number of piperazine rings is 1. The van der Waals surface area contributed by atoms with Crippen LogP contribution in [0.15, 0.2) is 88.8 Å². The molecule has 5 nitrogen and oxygen atoms in total. The fraction of sp³-hybridized carbons (Fsp3) is 0.200. The summed E-state index contributed by atoms with van der Waals surface area (Å²) in [5.74, 6) is 0. The highest BCUT2D eigenvalue weighted by atomic mass is 32.2. The van der Waals surface area contributed by atoms with Crippen LogP contribution < -0.4 is 4.90 Å². The van der Waals surface area contributed by atoms with E-state index >= 15 is 0 Å². The fourth-order valence-electron chi connectivity index (χ4n) is 4.15. The van der Waals surface area contributed by atoms with Crippen LogP contribution in [0.25, 0.3) is 22.0 Å². The van der Waals surface area contributed by atoms with E-state index in [-0.39, 0.29) is 0 Å². The lowest BCUT2D eigenvalue weighted by Gasteiger charge is -2.34. The minimum Gasteiger partial charge on any atom is -0.369 e. The van der Waals surface area contributed by atoms with Crippen molar-refractivity contribution in [3.05, 3.63) is 79.0 Å². The number of aromatic nitrogens is 1. The van der Waals surface area contributed by atoms with E-state index < -0.39 is 9.84 Å². The van der Waals surface area contributed by atoms with Crippen molar-refractivity contribution in [1.82, 2.24) is 9.88 Å². The van der Waals surface area contributed by atoms with Gasteiger partial charge in [0, 0.05) is 49.0 Å². The monoisotopic (exact) mass is 431 g/mol. The van der Waals surface area contributed by atoms with Gasteiger partial charge in [-0.2, -0.15) is 0 Å². The van der Waals surface area contributed by atoms with E-state index in [1.807, 2.05) is 54.6 Å². The number of aromatic amines is 1. The van der Waals surface area contributed by atoms with Crippen LogP contribution >= 0.6 is 0 Å². The van der Waals surface area contributed by atoms with Crippen LogP contribution in [0.1, 0.15) is 0 Å². The molecule has 1 aliphatic rings. The van der Waals surface area contributed by atoms with E-state index in [0.29, 0.717) is 9.79 Å². The zero-order valence-electron chi connectivity index (χ0n) is 17.5. The average Bonchev–Trinajstić information content (AvgIpc) is 3.24. The molecule has 4 aromatic rings. The number of benzene rings is 3. The van der Waals surface area contributed by atoms with Crippen molar-refractivity contribution in [3.63, 3.8) is 0 Å². The number of sulfone groups is 1. The molecule has 3 aromatic carbocycles. The number of nitrogens with zero attached hydrogens (tertiary/aromatic N) is 2. The molecule has 0 aliphatic carbocycles. The number of hydrogen-bond donors (Lipinski definition) is 1. The van der Waals surface area contributed by atoms with Crippen LogP contribution in [0.4, 0.5) is 5.69 Å². The standard InChI is InChI=1S/C25H25N3O2S/c1-27-13-15-28(16-14-27)21-9-12-24-23(17-21)25(18-26-24)31(29,30)22-10-7-20(8-11-22)19-5-3-2-4-6-19/h2-12,17-18,26H,13-16H2,1H3. The predicted molar refractivity (Wildman–Crippen MR) is 125 cm³/mol. The molecule has 6 heteroatoms. The summed E-state index contributed by atoms with van der Waals surface area (Å²) >= 11 is 0. The van der Waals surface area contributed by atoms with Crippen LogP contribution in [-0.2, 0) is 9.84 Å². The van der Waals surface area contributed by atoms with E-state index in [1.165, 1.54) is 0 Å². The van der Waals surface area contributed by atoms with E-state index in [0.717, 1.165) is 53.9 Å². The zero-order chi connectivity index (χ0) is 21.4. The van der Waals surface area contributed by atoms with Gasteiger partial charge in [-0.3, -0.25) is 0 Å². The molecule has 1 saturated heterocycles. The minimum atomic E-state index is -3.64. The van der Waals surface area contributed by atoms with Gasteiger partial charge in [0.2, 0.25) is 9.84 Å². The Morgan fingerprint density at radius 1 is 0.806 bits per heavy atom. The van der Waals surface area contributed by atoms with Gasteiger partial charge in [0.05, 0.1) is 9.79 Å². The first kappa shape index (κ1) is 19.8. The summed E-state index contributed by atoms with van der Waals surface area (Å²) in [5, 5.41) is 0.739. The van der Waals surface area contributed by atoms with Gasteiger partial charge in [-0.05, 0) is 48.5 Å². The molecule has 0 radical (unpaired) electrons. The Morgan fingerprint density at radius 3 is 2.19 bits per heavy atom. The van der Waals surface area contributed by atoms with Crippen molar-refractivity contribution in [2.24, 2.45) is 0 Å². The molecular formula is C25H25N3O2S. The third-order valence-corrected chi connectivity index (χ3v) is 7.87. The highest BCUT2D eigenvalue weighted by molar-refractivity contribution is 7.91. The second kappa shape index (κ2) is 7.87. The van der Waals surface area contributed by atoms with Crippen molar-refractivity contribution in [2.75, 3.05) is 38.1 Å².